The molecule has 23 heavy (non-hydrogen) atoms. The van der Waals surface area contributed by atoms with E-state index in [0.717, 1.165) is 35.6 Å². The third kappa shape index (κ3) is 3.21. The molecule has 2 N–H and O–H groups in total. The molecule has 1 aliphatic heterocycles. The van der Waals surface area contributed by atoms with Crippen molar-refractivity contribution in [3.63, 3.8) is 0 Å². The maximum atomic E-state index is 11.9. The Morgan fingerprint density at radius 3 is 2.83 bits per heavy atom. The number of amides is 1. The summed E-state index contributed by atoms with van der Waals surface area (Å²) in [6.45, 7) is 0.923. The Hall–Kier alpha value is -2.76. The number of pyridine rings is 1. The second-order valence-corrected chi connectivity index (χ2v) is 5.72. The summed E-state index contributed by atoms with van der Waals surface area (Å²) in [5, 5.41) is 6.20. The Morgan fingerprint density at radius 1 is 1.17 bits per heavy atom. The lowest BCUT2D eigenvalue weighted by molar-refractivity contribution is 0.0946. The molecular formula is C17H17N3O3. The normalized spacial score (nSPS) is 15.3. The molecule has 2 aromatic rings. The van der Waals surface area contributed by atoms with E-state index in [4.69, 9.17) is 9.47 Å². The topological polar surface area (TPSA) is 72.5 Å². The highest BCUT2D eigenvalue weighted by atomic mass is 16.7. The van der Waals surface area contributed by atoms with Gasteiger partial charge in [-0.05, 0) is 42.7 Å². The van der Waals surface area contributed by atoms with Gasteiger partial charge in [-0.25, -0.2) is 4.98 Å². The van der Waals surface area contributed by atoms with Crippen molar-refractivity contribution in [2.75, 3.05) is 12.1 Å². The van der Waals surface area contributed by atoms with E-state index in [-0.39, 0.29) is 12.7 Å². The Balaban J connectivity index is 1.36. The van der Waals surface area contributed by atoms with Crippen LogP contribution in [0.1, 0.15) is 28.9 Å². The van der Waals surface area contributed by atoms with Crippen LogP contribution in [0.4, 0.5) is 5.69 Å². The van der Waals surface area contributed by atoms with Gasteiger partial charge in [-0.15, -0.1) is 0 Å². The van der Waals surface area contributed by atoms with Gasteiger partial charge >= 0.3 is 0 Å². The van der Waals surface area contributed by atoms with Crippen molar-refractivity contribution in [2.24, 2.45) is 0 Å². The summed E-state index contributed by atoms with van der Waals surface area (Å²) in [6.07, 6.45) is 3.82. The average Bonchev–Trinajstić information content (AvgIpc) is 3.27. The molecule has 0 saturated heterocycles. The van der Waals surface area contributed by atoms with E-state index in [1.54, 1.807) is 12.3 Å². The van der Waals surface area contributed by atoms with Gasteiger partial charge in [0.25, 0.3) is 5.91 Å². The number of nitrogens with zero attached hydrogens (tertiary/aromatic N) is 1. The standard InChI is InChI=1S/C17H17N3O3/c21-17(20-12-2-3-12)14-5-4-13(9-19-14)18-8-11-1-6-15-16(7-11)23-10-22-15/h1,4-7,9,12,18H,2-3,8,10H2,(H,20,21). The molecule has 2 aliphatic rings. The van der Waals surface area contributed by atoms with E-state index in [2.05, 4.69) is 15.6 Å². The number of ether oxygens (including phenoxy) is 2. The summed E-state index contributed by atoms with van der Waals surface area (Å²) in [6, 6.07) is 9.80. The zero-order valence-electron chi connectivity index (χ0n) is 12.5. The Labute approximate surface area is 133 Å². The van der Waals surface area contributed by atoms with Gasteiger partial charge in [0.15, 0.2) is 11.5 Å². The van der Waals surface area contributed by atoms with E-state index in [9.17, 15) is 4.79 Å². The molecule has 1 amide bonds. The van der Waals surface area contributed by atoms with Crippen LogP contribution in [0.25, 0.3) is 0 Å². The van der Waals surface area contributed by atoms with Gasteiger partial charge in [0, 0.05) is 12.6 Å². The molecule has 1 aromatic heterocycles. The Morgan fingerprint density at radius 2 is 2.04 bits per heavy atom. The van der Waals surface area contributed by atoms with Crippen molar-refractivity contribution in [3.8, 4) is 11.5 Å². The summed E-state index contributed by atoms with van der Waals surface area (Å²) in [4.78, 5) is 16.1. The summed E-state index contributed by atoms with van der Waals surface area (Å²) < 4.78 is 10.7. The summed E-state index contributed by atoms with van der Waals surface area (Å²) >= 11 is 0. The number of aromatic nitrogens is 1. The molecule has 0 unspecified atom stereocenters. The molecule has 4 rings (SSSR count). The zero-order valence-corrected chi connectivity index (χ0v) is 12.5. The van der Waals surface area contributed by atoms with E-state index < -0.39 is 0 Å². The number of hydrogen-bond donors (Lipinski definition) is 2. The smallest absolute Gasteiger partial charge is 0.270 e. The monoisotopic (exact) mass is 311 g/mol. The largest absolute Gasteiger partial charge is 0.454 e. The Bertz CT molecular complexity index is 726. The van der Waals surface area contributed by atoms with Crippen LogP contribution in [0.3, 0.4) is 0 Å². The van der Waals surface area contributed by atoms with E-state index in [1.165, 1.54) is 0 Å². The first-order valence-corrected chi connectivity index (χ1v) is 7.67. The summed E-state index contributed by atoms with van der Waals surface area (Å²) in [7, 11) is 0. The first-order chi connectivity index (χ1) is 11.3. The lowest BCUT2D eigenvalue weighted by Crippen LogP contribution is -2.26. The SMILES string of the molecule is O=C(NC1CC1)c1ccc(NCc2ccc3c(c2)OCO3)cn1. The first kappa shape index (κ1) is 13.9. The highest BCUT2D eigenvalue weighted by Gasteiger charge is 2.24. The fourth-order valence-corrected chi connectivity index (χ4v) is 2.37. The van der Waals surface area contributed by atoms with Crippen LogP contribution in [0.2, 0.25) is 0 Å². The number of hydrogen-bond acceptors (Lipinski definition) is 5. The maximum absolute atomic E-state index is 11.9. The molecule has 1 saturated carbocycles. The molecule has 6 nitrogen and oxygen atoms in total. The summed E-state index contributed by atoms with van der Waals surface area (Å²) in [5.74, 6) is 1.45. The van der Waals surface area contributed by atoms with Crippen molar-refractivity contribution in [1.29, 1.82) is 0 Å². The number of benzene rings is 1. The second-order valence-electron chi connectivity index (χ2n) is 5.72. The predicted octanol–water partition coefficient (Wildman–Crippen LogP) is 2.31. The van der Waals surface area contributed by atoms with Gasteiger partial charge in [-0.3, -0.25) is 4.79 Å². The molecule has 6 heteroatoms. The summed E-state index contributed by atoms with van der Waals surface area (Å²) in [5.41, 5.74) is 2.40. The third-order valence-corrected chi connectivity index (χ3v) is 3.84. The van der Waals surface area contributed by atoms with Gasteiger partial charge in [-0.2, -0.15) is 0 Å². The number of carbonyl (C=O) groups excluding carboxylic acids is 1. The van der Waals surface area contributed by atoms with Gasteiger partial charge < -0.3 is 20.1 Å². The molecular weight excluding hydrogens is 294 g/mol. The minimum atomic E-state index is -0.102. The van der Waals surface area contributed by atoms with Crippen molar-refractivity contribution >= 4 is 11.6 Å². The Kier molecular flexibility index (Phi) is 3.49. The highest BCUT2D eigenvalue weighted by molar-refractivity contribution is 5.92. The van der Waals surface area contributed by atoms with E-state index in [1.807, 2.05) is 24.3 Å². The fraction of sp³-hybridized carbons (Fsp3) is 0.294. The minimum absolute atomic E-state index is 0.102. The van der Waals surface area contributed by atoms with Crippen LogP contribution < -0.4 is 20.1 Å². The molecule has 2 heterocycles. The zero-order chi connectivity index (χ0) is 15.6. The lowest BCUT2D eigenvalue weighted by Gasteiger charge is -2.08. The fourth-order valence-electron chi connectivity index (χ4n) is 2.37. The minimum Gasteiger partial charge on any atom is -0.454 e. The van der Waals surface area contributed by atoms with Crippen molar-refractivity contribution < 1.29 is 14.3 Å². The first-order valence-electron chi connectivity index (χ1n) is 7.67. The second kappa shape index (κ2) is 5.79. The molecule has 0 radical (unpaired) electrons. The number of fused-ring (bicyclic) bond motifs is 1. The van der Waals surface area contributed by atoms with Crippen LogP contribution in [0, 0.1) is 0 Å². The number of rotatable bonds is 5. The molecule has 0 bridgehead atoms. The van der Waals surface area contributed by atoms with Gasteiger partial charge in [0.1, 0.15) is 5.69 Å². The molecule has 1 aliphatic carbocycles. The van der Waals surface area contributed by atoms with Crippen LogP contribution in [-0.2, 0) is 6.54 Å². The van der Waals surface area contributed by atoms with Crippen molar-refractivity contribution in [2.45, 2.75) is 25.4 Å². The van der Waals surface area contributed by atoms with E-state index >= 15 is 0 Å². The molecule has 0 atom stereocenters. The van der Waals surface area contributed by atoms with Gasteiger partial charge in [0.2, 0.25) is 6.79 Å². The van der Waals surface area contributed by atoms with Crippen molar-refractivity contribution in [3.05, 3.63) is 47.8 Å². The lowest BCUT2D eigenvalue weighted by atomic mass is 10.2. The van der Waals surface area contributed by atoms with Crippen LogP contribution in [-0.4, -0.2) is 23.7 Å². The predicted molar refractivity (Wildman–Crippen MR) is 84.6 cm³/mol. The molecule has 1 fully saturated rings. The third-order valence-electron chi connectivity index (χ3n) is 3.84. The quantitative estimate of drug-likeness (QED) is 0.886. The highest BCUT2D eigenvalue weighted by Crippen LogP contribution is 2.32. The van der Waals surface area contributed by atoms with Crippen molar-refractivity contribution in [1.82, 2.24) is 10.3 Å². The average molecular weight is 311 g/mol. The maximum Gasteiger partial charge on any atom is 0.270 e. The number of carbonyl (C=O) groups is 1. The molecule has 0 spiro atoms. The molecule has 1 aromatic carbocycles. The van der Waals surface area contributed by atoms with Gasteiger partial charge in [0.05, 0.1) is 11.9 Å². The molecule has 118 valence electrons. The van der Waals surface area contributed by atoms with E-state index in [0.29, 0.717) is 18.3 Å². The number of anilines is 1. The van der Waals surface area contributed by atoms with Gasteiger partial charge in [-0.1, -0.05) is 6.07 Å². The number of nitrogens with one attached hydrogen (secondary N) is 2. The van der Waals surface area contributed by atoms with Crippen LogP contribution in [0.15, 0.2) is 36.5 Å². The van der Waals surface area contributed by atoms with Crippen LogP contribution >= 0.6 is 0 Å². The van der Waals surface area contributed by atoms with Crippen LogP contribution in [0.5, 0.6) is 11.5 Å².